The van der Waals surface area contributed by atoms with E-state index in [0.717, 1.165) is 4.57 Å². The van der Waals surface area contributed by atoms with Crippen molar-refractivity contribution in [2.24, 2.45) is 0 Å². The molecule has 0 atom stereocenters. The first-order valence-corrected chi connectivity index (χ1v) is 10.5. The zero-order chi connectivity index (χ0) is 22.9. The van der Waals surface area contributed by atoms with Gasteiger partial charge in [-0.1, -0.05) is 0 Å². The summed E-state index contributed by atoms with van der Waals surface area (Å²) in [6, 6.07) is 3.03. The number of hydrogen-bond acceptors (Lipinski definition) is 10. The molecule has 11 nitrogen and oxygen atoms in total. The Balaban J connectivity index is 1.70. The predicted octanol–water partition coefficient (Wildman–Crippen LogP) is 1.54. The Morgan fingerprint density at radius 1 is 0.879 bits per heavy atom. The predicted molar refractivity (Wildman–Crippen MR) is 114 cm³/mol. The van der Waals surface area contributed by atoms with Gasteiger partial charge in [-0.2, -0.15) is 15.0 Å². The number of halogens is 2. The molecule has 0 bridgehead atoms. The summed E-state index contributed by atoms with van der Waals surface area (Å²) in [5.41, 5.74) is 0.210. The number of ether oxygens (including phenoxy) is 3. The van der Waals surface area contributed by atoms with Crippen molar-refractivity contribution in [3.8, 4) is 17.4 Å². The van der Waals surface area contributed by atoms with E-state index in [1.165, 1.54) is 13.2 Å². The maximum atomic E-state index is 14.1. The number of phenols is 1. The van der Waals surface area contributed by atoms with Crippen LogP contribution in [0.4, 0.5) is 20.7 Å². The van der Waals surface area contributed by atoms with Gasteiger partial charge in [0.2, 0.25) is 17.8 Å². The molecule has 0 spiro atoms. The molecule has 2 aromatic heterocycles. The van der Waals surface area contributed by atoms with Crippen LogP contribution < -0.4 is 14.5 Å². The highest BCUT2D eigenvalue weighted by Gasteiger charge is 2.27. The van der Waals surface area contributed by atoms with E-state index in [0.29, 0.717) is 64.5 Å². The van der Waals surface area contributed by atoms with Crippen LogP contribution in [-0.4, -0.2) is 89.3 Å². The van der Waals surface area contributed by atoms with Crippen molar-refractivity contribution < 1.29 is 28.1 Å². The van der Waals surface area contributed by atoms with Gasteiger partial charge >= 0.3 is 0 Å². The van der Waals surface area contributed by atoms with Crippen LogP contribution in [0.2, 0.25) is 0 Å². The molecule has 176 valence electrons. The van der Waals surface area contributed by atoms with Crippen molar-refractivity contribution >= 4 is 22.9 Å². The Hall–Kier alpha value is -3.32. The van der Waals surface area contributed by atoms with E-state index in [1.54, 1.807) is 6.07 Å². The van der Waals surface area contributed by atoms with E-state index >= 15 is 0 Å². The summed E-state index contributed by atoms with van der Waals surface area (Å²) < 4.78 is 45.2. The molecule has 2 aliphatic heterocycles. The number of aromatic nitrogens is 5. The van der Waals surface area contributed by atoms with Gasteiger partial charge in [0.05, 0.1) is 39.1 Å². The third kappa shape index (κ3) is 3.97. The number of morpholine rings is 2. The molecule has 0 unspecified atom stereocenters. The van der Waals surface area contributed by atoms with Crippen molar-refractivity contribution in [3.05, 3.63) is 18.0 Å². The summed E-state index contributed by atoms with van der Waals surface area (Å²) in [5.74, 6) is -0.0525. The maximum Gasteiger partial charge on any atom is 0.296 e. The highest BCUT2D eigenvalue weighted by atomic mass is 19.3. The van der Waals surface area contributed by atoms with Gasteiger partial charge in [-0.05, 0) is 12.1 Å². The number of methoxy groups -OCH3 is 1. The molecular formula is C20H23F2N7O4. The highest BCUT2D eigenvalue weighted by molar-refractivity contribution is 5.86. The smallest absolute Gasteiger partial charge is 0.296 e. The van der Waals surface area contributed by atoms with Crippen molar-refractivity contribution in [2.45, 2.75) is 6.43 Å². The minimum absolute atomic E-state index is 0.00431. The van der Waals surface area contributed by atoms with Crippen LogP contribution in [0, 0.1) is 0 Å². The number of hydrogen-bond donors (Lipinski definition) is 1. The number of benzene rings is 1. The van der Waals surface area contributed by atoms with E-state index in [9.17, 15) is 13.9 Å². The van der Waals surface area contributed by atoms with Crippen LogP contribution in [0.5, 0.6) is 11.5 Å². The van der Waals surface area contributed by atoms with Gasteiger partial charge in [-0.25, -0.2) is 13.8 Å². The lowest BCUT2D eigenvalue weighted by molar-refractivity contribution is 0.121. The molecule has 1 N–H and O–H groups in total. The van der Waals surface area contributed by atoms with Crippen LogP contribution >= 0.6 is 0 Å². The third-order valence-electron chi connectivity index (χ3n) is 5.59. The standard InChI is InChI=1S/C20H23F2N7O4/c1-31-13-3-2-12-14(15(13)30)23-17(16(21)22)29(12)20-25-18(27-4-8-32-9-5-27)24-19(26-20)28-6-10-33-11-7-28/h2-3,16,30H,4-11H2,1H3. The van der Waals surface area contributed by atoms with E-state index in [2.05, 4.69) is 19.9 Å². The molecule has 33 heavy (non-hydrogen) atoms. The third-order valence-corrected chi connectivity index (χ3v) is 5.59. The molecule has 0 aliphatic carbocycles. The van der Waals surface area contributed by atoms with Gasteiger partial charge in [-0.3, -0.25) is 4.57 Å². The summed E-state index contributed by atoms with van der Waals surface area (Å²) in [6.07, 6.45) is -2.93. The summed E-state index contributed by atoms with van der Waals surface area (Å²) in [7, 11) is 1.38. The largest absolute Gasteiger partial charge is 0.503 e. The fourth-order valence-corrected chi connectivity index (χ4v) is 3.90. The van der Waals surface area contributed by atoms with Gasteiger partial charge in [0, 0.05) is 26.2 Å². The van der Waals surface area contributed by atoms with E-state index in [-0.39, 0.29) is 28.5 Å². The molecule has 1 aromatic carbocycles. The quantitative estimate of drug-likeness (QED) is 0.598. The minimum atomic E-state index is -2.93. The van der Waals surface area contributed by atoms with Crippen molar-refractivity contribution in [3.63, 3.8) is 0 Å². The lowest BCUT2D eigenvalue weighted by atomic mass is 10.2. The molecule has 0 radical (unpaired) electrons. The van der Waals surface area contributed by atoms with Gasteiger partial charge in [0.15, 0.2) is 17.3 Å². The number of nitrogens with zero attached hydrogens (tertiary/aromatic N) is 7. The second-order valence-corrected chi connectivity index (χ2v) is 7.52. The van der Waals surface area contributed by atoms with Crippen LogP contribution in [0.3, 0.4) is 0 Å². The molecule has 2 aliphatic rings. The Labute approximate surface area is 187 Å². The molecule has 2 fully saturated rings. The molecule has 0 saturated carbocycles. The molecule has 2 saturated heterocycles. The first kappa shape index (κ1) is 21.5. The van der Waals surface area contributed by atoms with E-state index < -0.39 is 12.2 Å². The van der Waals surface area contributed by atoms with Crippen molar-refractivity contribution in [2.75, 3.05) is 69.5 Å². The number of phenolic OH excluding ortho intramolecular Hbond substituents is 1. The topological polar surface area (TPSA) is 111 Å². The first-order chi connectivity index (χ1) is 16.1. The van der Waals surface area contributed by atoms with Gasteiger partial charge in [0.1, 0.15) is 5.52 Å². The second kappa shape index (κ2) is 8.90. The van der Waals surface area contributed by atoms with Gasteiger partial charge in [0.25, 0.3) is 6.43 Å². The van der Waals surface area contributed by atoms with Gasteiger partial charge in [-0.15, -0.1) is 0 Å². The minimum Gasteiger partial charge on any atom is -0.503 e. The summed E-state index contributed by atoms with van der Waals surface area (Å²) >= 11 is 0. The summed E-state index contributed by atoms with van der Waals surface area (Å²) in [5, 5.41) is 10.5. The molecule has 5 rings (SSSR count). The average molecular weight is 463 g/mol. The SMILES string of the molecule is COc1ccc2c(nc(C(F)F)n2-c2nc(N3CCOCC3)nc(N3CCOCC3)n2)c1O. The second-order valence-electron chi connectivity index (χ2n) is 7.52. The van der Waals surface area contributed by atoms with Crippen molar-refractivity contribution in [1.82, 2.24) is 24.5 Å². The molecular weight excluding hydrogens is 440 g/mol. The Morgan fingerprint density at radius 2 is 1.42 bits per heavy atom. The molecule has 4 heterocycles. The number of fused-ring (bicyclic) bond motifs is 1. The zero-order valence-corrected chi connectivity index (χ0v) is 17.9. The lowest BCUT2D eigenvalue weighted by Gasteiger charge is -2.30. The van der Waals surface area contributed by atoms with E-state index in [1.807, 2.05) is 9.80 Å². The number of rotatable bonds is 5. The summed E-state index contributed by atoms with van der Waals surface area (Å²) in [6.45, 7) is 4.31. The fourth-order valence-electron chi connectivity index (χ4n) is 3.90. The van der Waals surface area contributed by atoms with Crippen LogP contribution in [-0.2, 0) is 9.47 Å². The Morgan fingerprint density at radius 3 is 1.94 bits per heavy atom. The van der Waals surface area contributed by atoms with Crippen LogP contribution in [0.25, 0.3) is 17.0 Å². The number of imidazole rings is 1. The van der Waals surface area contributed by atoms with Crippen LogP contribution in [0.15, 0.2) is 12.1 Å². The monoisotopic (exact) mass is 463 g/mol. The lowest BCUT2D eigenvalue weighted by Crippen LogP contribution is -2.40. The van der Waals surface area contributed by atoms with Gasteiger partial charge < -0.3 is 29.1 Å². The number of anilines is 2. The number of aromatic hydroxyl groups is 1. The fraction of sp³-hybridized carbons (Fsp3) is 0.500. The molecule has 13 heteroatoms. The Kier molecular flexibility index (Phi) is 5.81. The Bertz CT molecular complexity index is 1110. The number of alkyl halides is 2. The maximum absolute atomic E-state index is 14.1. The average Bonchev–Trinajstić information content (AvgIpc) is 3.26. The molecule has 0 amide bonds. The normalized spacial score (nSPS) is 17.2. The van der Waals surface area contributed by atoms with E-state index in [4.69, 9.17) is 14.2 Å². The van der Waals surface area contributed by atoms with Crippen molar-refractivity contribution in [1.29, 1.82) is 0 Å². The van der Waals surface area contributed by atoms with Crippen LogP contribution in [0.1, 0.15) is 12.2 Å². The summed E-state index contributed by atoms with van der Waals surface area (Å²) in [4.78, 5) is 21.5. The molecule has 3 aromatic rings. The first-order valence-electron chi connectivity index (χ1n) is 10.5. The highest BCUT2D eigenvalue weighted by Crippen LogP contribution is 2.37. The zero-order valence-electron chi connectivity index (χ0n) is 17.9.